The molecule has 1 aromatic carbocycles. The standard InChI is InChI=1S/C15H16N4O3/c1-2-5-18-14-4-3-12(19(20)21)10-13(14)16-15(18)11-17-6-8-22-9-7-17/h1,3-4,10H,5-9,11H2. The van der Waals surface area contributed by atoms with Crippen molar-refractivity contribution in [2.45, 2.75) is 13.1 Å². The highest BCUT2D eigenvalue weighted by atomic mass is 16.6. The predicted molar refractivity (Wildman–Crippen MR) is 81.3 cm³/mol. The first-order valence-electron chi connectivity index (χ1n) is 7.06. The van der Waals surface area contributed by atoms with Crippen LogP contribution < -0.4 is 0 Å². The molecule has 0 amide bonds. The number of nitrogens with zero attached hydrogens (tertiary/aromatic N) is 4. The van der Waals surface area contributed by atoms with Crippen LogP contribution in [0.5, 0.6) is 0 Å². The van der Waals surface area contributed by atoms with Crippen molar-refractivity contribution in [1.29, 1.82) is 0 Å². The minimum Gasteiger partial charge on any atom is -0.379 e. The fourth-order valence-corrected chi connectivity index (χ4v) is 2.63. The second-order valence-corrected chi connectivity index (χ2v) is 5.14. The van der Waals surface area contributed by atoms with E-state index in [0.717, 1.165) is 24.4 Å². The zero-order valence-corrected chi connectivity index (χ0v) is 12.1. The van der Waals surface area contributed by atoms with Crippen LogP contribution in [0.4, 0.5) is 5.69 Å². The molecule has 3 rings (SSSR count). The van der Waals surface area contributed by atoms with Gasteiger partial charge in [0, 0.05) is 25.2 Å². The Morgan fingerprint density at radius 3 is 2.86 bits per heavy atom. The number of fused-ring (bicyclic) bond motifs is 1. The fourth-order valence-electron chi connectivity index (χ4n) is 2.63. The first-order chi connectivity index (χ1) is 10.7. The first kappa shape index (κ1) is 14.5. The van der Waals surface area contributed by atoms with E-state index in [-0.39, 0.29) is 5.69 Å². The number of non-ortho nitro benzene ring substituents is 1. The number of aromatic nitrogens is 2. The van der Waals surface area contributed by atoms with E-state index in [1.54, 1.807) is 6.07 Å². The zero-order chi connectivity index (χ0) is 15.5. The van der Waals surface area contributed by atoms with Crippen molar-refractivity contribution < 1.29 is 9.66 Å². The summed E-state index contributed by atoms with van der Waals surface area (Å²) in [5.74, 6) is 3.45. The lowest BCUT2D eigenvalue weighted by Crippen LogP contribution is -2.36. The lowest BCUT2D eigenvalue weighted by atomic mass is 10.3. The molecule has 2 heterocycles. The van der Waals surface area contributed by atoms with Crippen LogP contribution in [0, 0.1) is 22.5 Å². The number of benzene rings is 1. The van der Waals surface area contributed by atoms with Crippen LogP contribution in [0.3, 0.4) is 0 Å². The number of ether oxygens (including phenoxy) is 1. The number of imidazole rings is 1. The van der Waals surface area contributed by atoms with Gasteiger partial charge in [0.05, 0.1) is 42.3 Å². The SMILES string of the molecule is C#CCn1c(CN2CCOCC2)nc2cc([N+](=O)[O-])ccc21. The Bertz CT molecular complexity index is 741. The molecule has 22 heavy (non-hydrogen) atoms. The number of terminal acetylenes is 1. The normalized spacial score (nSPS) is 15.8. The molecule has 0 N–H and O–H groups in total. The van der Waals surface area contributed by atoms with Crippen LogP contribution in [-0.2, 0) is 17.8 Å². The molecular weight excluding hydrogens is 284 g/mol. The molecule has 0 aliphatic carbocycles. The summed E-state index contributed by atoms with van der Waals surface area (Å²) in [6, 6.07) is 4.68. The largest absolute Gasteiger partial charge is 0.379 e. The number of hydrogen-bond donors (Lipinski definition) is 0. The van der Waals surface area contributed by atoms with Crippen LogP contribution in [0.25, 0.3) is 11.0 Å². The van der Waals surface area contributed by atoms with Gasteiger partial charge in [0.15, 0.2) is 0 Å². The van der Waals surface area contributed by atoms with Crippen LogP contribution in [-0.4, -0.2) is 45.7 Å². The molecule has 0 saturated carbocycles. The third-order valence-corrected chi connectivity index (χ3v) is 3.74. The van der Waals surface area contributed by atoms with Gasteiger partial charge < -0.3 is 9.30 Å². The highest BCUT2D eigenvalue weighted by Gasteiger charge is 2.18. The highest BCUT2D eigenvalue weighted by molar-refractivity contribution is 5.78. The van der Waals surface area contributed by atoms with E-state index in [2.05, 4.69) is 15.8 Å². The van der Waals surface area contributed by atoms with Gasteiger partial charge in [0.2, 0.25) is 0 Å². The van der Waals surface area contributed by atoms with E-state index in [1.807, 2.05) is 4.57 Å². The van der Waals surface area contributed by atoms with E-state index in [1.165, 1.54) is 12.1 Å². The maximum absolute atomic E-state index is 10.9. The summed E-state index contributed by atoms with van der Waals surface area (Å²) >= 11 is 0. The average molecular weight is 300 g/mol. The Labute approximate surface area is 127 Å². The Hall–Kier alpha value is -2.43. The molecule has 114 valence electrons. The molecule has 0 bridgehead atoms. The molecule has 7 heteroatoms. The molecule has 1 aliphatic heterocycles. The van der Waals surface area contributed by atoms with Gasteiger partial charge in [-0.3, -0.25) is 15.0 Å². The molecular formula is C15H16N4O3. The second kappa shape index (κ2) is 6.13. The molecule has 1 saturated heterocycles. The van der Waals surface area contributed by atoms with Gasteiger partial charge >= 0.3 is 0 Å². The molecule has 0 atom stereocenters. The maximum atomic E-state index is 10.9. The molecule has 1 aromatic heterocycles. The van der Waals surface area contributed by atoms with Gasteiger partial charge in [-0.2, -0.15) is 0 Å². The third-order valence-electron chi connectivity index (χ3n) is 3.74. The number of morpholine rings is 1. The van der Waals surface area contributed by atoms with Gasteiger partial charge in [0.1, 0.15) is 5.82 Å². The fraction of sp³-hybridized carbons (Fsp3) is 0.400. The molecule has 0 spiro atoms. The first-order valence-corrected chi connectivity index (χ1v) is 7.06. The topological polar surface area (TPSA) is 73.4 Å². The smallest absolute Gasteiger partial charge is 0.271 e. The van der Waals surface area contributed by atoms with Crippen molar-refractivity contribution in [3.05, 3.63) is 34.1 Å². The summed E-state index contributed by atoms with van der Waals surface area (Å²) in [6.45, 7) is 4.17. The number of hydrogen-bond acceptors (Lipinski definition) is 5. The van der Waals surface area contributed by atoms with E-state index in [4.69, 9.17) is 11.2 Å². The van der Waals surface area contributed by atoms with Crippen molar-refractivity contribution >= 4 is 16.7 Å². The van der Waals surface area contributed by atoms with E-state index < -0.39 is 4.92 Å². The summed E-state index contributed by atoms with van der Waals surface area (Å²) in [4.78, 5) is 17.3. The van der Waals surface area contributed by atoms with Gasteiger partial charge in [0.25, 0.3) is 5.69 Å². The quantitative estimate of drug-likeness (QED) is 0.485. The Kier molecular flexibility index (Phi) is 4.04. The zero-order valence-electron chi connectivity index (χ0n) is 12.1. The van der Waals surface area contributed by atoms with Crippen molar-refractivity contribution in [2.75, 3.05) is 26.3 Å². The summed E-state index contributed by atoms with van der Waals surface area (Å²) in [6.07, 6.45) is 5.45. The van der Waals surface area contributed by atoms with Gasteiger partial charge in [-0.25, -0.2) is 4.98 Å². The highest BCUT2D eigenvalue weighted by Crippen LogP contribution is 2.22. The Morgan fingerprint density at radius 2 is 2.18 bits per heavy atom. The third kappa shape index (κ3) is 2.79. The summed E-state index contributed by atoms with van der Waals surface area (Å²) < 4.78 is 7.28. The second-order valence-electron chi connectivity index (χ2n) is 5.14. The minimum atomic E-state index is -0.415. The molecule has 2 aromatic rings. The molecule has 0 unspecified atom stereocenters. The molecule has 1 fully saturated rings. The lowest BCUT2D eigenvalue weighted by Gasteiger charge is -2.26. The number of nitro benzene ring substituents is 1. The Morgan fingerprint density at radius 1 is 1.41 bits per heavy atom. The molecule has 7 nitrogen and oxygen atoms in total. The monoisotopic (exact) mass is 300 g/mol. The maximum Gasteiger partial charge on any atom is 0.271 e. The van der Waals surface area contributed by atoms with Gasteiger partial charge in [-0.05, 0) is 6.07 Å². The molecule has 1 aliphatic rings. The predicted octanol–water partition coefficient (Wildman–Crippen LogP) is 1.41. The summed E-state index contributed by atoms with van der Waals surface area (Å²) in [5.41, 5.74) is 1.47. The number of nitro groups is 1. The van der Waals surface area contributed by atoms with E-state index in [0.29, 0.717) is 31.8 Å². The van der Waals surface area contributed by atoms with E-state index >= 15 is 0 Å². The van der Waals surface area contributed by atoms with Crippen molar-refractivity contribution in [3.63, 3.8) is 0 Å². The van der Waals surface area contributed by atoms with Crippen LogP contribution in [0.2, 0.25) is 0 Å². The van der Waals surface area contributed by atoms with E-state index in [9.17, 15) is 10.1 Å². The van der Waals surface area contributed by atoms with Crippen molar-refractivity contribution in [2.24, 2.45) is 0 Å². The van der Waals surface area contributed by atoms with Gasteiger partial charge in [-0.1, -0.05) is 5.92 Å². The number of rotatable bonds is 4. The van der Waals surface area contributed by atoms with Gasteiger partial charge in [-0.15, -0.1) is 6.42 Å². The van der Waals surface area contributed by atoms with Crippen molar-refractivity contribution in [3.8, 4) is 12.3 Å². The molecule has 0 radical (unpaired) electrons. The average Bonchev–Trinajstić information content (AvgIpc) is 2.85. The summed E-state index contributed by atoms with van der Waals surface area (Å²) in [5, 5.41) is 10.9. The Balaban J connectivity index is 1.98. The van der Waals surface area contributed by atoms with Crippen LogP contribution in [0.1, 0.15) is 5.82 Å². The van der Waals surface area contributed by atoms with Crippen LogP contribution >= 0.6 is 0 Å². The van der Waals surface area contributed by atoms with Crippen LogP contribution in [0.15, 0.2) is 18.2 Å². The lowest BCUT2D eigenvalue weighted by molar-refractivity contribution is -0.384. The minimum absolute atomic E-state index is 0.0378. The summed E-state index contributed by atoms with van der Waals surface area (Å²) in [7, 11) is 0. The van der Waals surface area contributed by atoms with Crippen molar-refractivity contribution in [1.82, 2.24) is 14.5 Å².